The van der Waals surface area contributed by atoms with Crippen molar-refractivity contribution < 1.29 is 14.7 Å². The molecule has 1 amide bonds. The molecule has 12 heteroatoms. The maximum Gasteiger partial charge on any atom is 0.337 e. The van der Waals surface area contributed by atoms with Crippen molar-refractivity contribution in [1.82, 2.24) is 24.5 Å². The van der Waals surface area contributed by atoms with Crippen LogP contribution in [0.3, 0.4) is 0 Å². The third-order valence-corrected chi connectivity index (χ3v) is 6.97. The van der Waals surface area contributed by atoms with E-state index in [1.807, 2.05) is 13.8 Å². The van der Waals surface area contributed by atoms with Crippen LogP contribution in [0.4, 0.5) is 5.69 Å². The summed E-state index contributed by atoms with van der Waals surface area (Å²) in [5.74, 6) is -1.55. The van der Waals surface area contributed by atoms with Crippen molar-refractivity contribution in [2.24, 2.45) is 0 Å². The fourth-order valence-corrected chi connectivity index (χ4v) is 4.36. The monoisotopic (exact) mass is 576 g/mol. The van der Waals surface area contributed by atoms with Crippen molar-refractivity contribution in [3.63, 3.8) is 0 Å². The third kappa shape index (κ3) is 4.95. The fraction of sp³-hybridized carbons (Fsp3) is 0.174. The quantitative estimate of drug-likeness (QED) is 0.314. The lowest BCUT2D eigenvalue weighted by molar-refractivity contribution is 0.0698. The number of carbonyl (C=O) groups excluding carboxylic acids is 1. The van der Waals surface area contributed by atoms with Crippen LogP contribution in [0.25, 0.3) is 5.82 Å². The second-order valence-corrected chi connectivity index (χ2v) is 9.43. The molecule has 0 bridgehead atoms. The van der Waals surface area contributed by atoms with Gasteiger partial charge in [0.05, 0.1) is 44.4 Å². The summed E-state index contributed by atoms with van der Waals surface area (Å²) in [7, 11) is 0. The Morgan fingerprint density at radius 3 is 2.51 bits per heavy atom. The van der Waals surface area contributed by atoms with Crippen molar-refractivity contribution in [1.29, 1.82) is 0 Å². The Morgan fingerprint density at radius 2 is 1.89 bits per heavy atom. The number of nitrogens with zero attached hydrogens (tertiary/aromatic N) is 5. The van der Waals surface area contributed by atoms with Crippen LogP contribution >= 0.6 is 39.1 Å². The maximum atomic E-state index is 13.4. The lowest BCUT2D eigenvalue weighted by Crippen LogP contribution is -2.20. The second-order valence-electron chi connectivity index (χ2n) is 7.79. The van der Waals surface area contributed by atoms with E-state index in [-0.39, 0.29) is 34.3 Å². The van der Waals surface area contributed by atoms with Crippen molar-refractivity contribution in [2.75, 3.05) is 5.32 Å². The summed E-state index contributed by atoms with van der Waals surface area (Å²) in [5, 5.41) is 21.9. The van der Waals surface area contributed by atoms with Gasteiger partial charge in [-0.3, -0.25) is 9.48 Å². The first-order valence-electron chi connectivity index (χ1n) is 10.3. The molecule has 0 atom stereocenters. The van der Waals surface area contributed by atoms with E-state index in [9.17, 15) is 14.7 Å². The van der Waals surface area contributed by atoms with E-state index >= 15 is 0 Å². The SMILES string of the molecule is Cc1cc(Cl)cc(C(=O)O)c1NC(=O)c1cc(Cn2nc(C)c(Br)c2C)nn1-c1ncccc1Cl. The summed E-state index contributed by atoms with van der Waals surface area (Å²) >= 11 is 15.9. The fourth-order valence-electron chi connectivity index (χ4n) is 3.60. The maximum absolute atomic E-state index is 13.4. The highest BCUT2D eigenvalue weighted by molar-refractivity contribution is 9.10. The molecular weight excluding hydrogens is 559 g/mol. The van der Waals surface area contributed by atoms with Gasteiger partial charge in [0.2, 0.25) is 0 Å². The van der Waals surface area contributed by atoms with Gasteiger partial charge in [-0.1, -0.05) is 23.2 Å². The molecular formula is C23H19BrCl2N6O3. The molecule has 3 heterocycles. The number of aryl methyl sites for hydroxylation is 2. The van der Waals surface area contributed by atoms with E-state index in [1.54, 1.807) is 35.9 Å². The number of carboxylic acids is 1. The minimum atomic E-state index is -1.22. The van der Waals surface area contributed by atoms with E-state index in [2.05, 4.69) is 36.4 Å². The summed E-state index contributed by atoms with van der Waals surface area (Å²) in [5.41, 5.74) is 2.88. The predicted molar refractivity (Wildman–Crippen MR) is 136 cm³/mol. The minimum absolute atomic E-state index is 0.117. The summed E-state index contributed by atoms with van der Waals surface area (Å²) < 4.78 is 3.99. The highest BCUT2D eigenvalue weighted by atomic mass is 79.9. The standard InChI is InChI=1S/C23H19BrCl2N6O3/c1-11-7-14(25)8-16(23(34)35)20(11)28-22(33)18-9-15(10-31-13(3)19(24)12(2)29-31)30-32(18)21-17(26)5-4-6-27-21/h4-9H,10H2,1-3H3,(H,28,33)(H,34,35). The molecule has 180 valence electrons. The molecule has 0 fully saturated rings. The van der Waals surface area contributed by atoms with E-state index in [1.165, 1.54) is 16.9 Å². The van der Waals surface area contributed by atoms with Gasteiger partial charge in [0.1, 0.15) is 5.69 Å². The normalized spacial score (nSPS) is 11.0. The lowest BCUT2D eigenvalue weighted by Gasteiger charge is -2.13. The molecule has 9 nitrogen and oxygen atoms in total. The zero-order chi connectivity index (χ0) is 25.4. The van der Waals surface area contributed by atoms with Crippen LogP contribution in [0.1, 0.15) is 43.5 Å². The first-order chi connectivity index (χ1) is 16.6. The van der Waals surface area contributed by atoms with Gasteiger partial charge >= 0.3 is 5.97 Å². The van der Waals surface area contributed by atoms with Crippen LogP contribution in [0.5, 0.6) is 0 Å². The van der Waals surface area contributed by atoms with Crippen LogP contribution < -0.4 is 5.32 Å². The number of aromatic nitrogens is 5. The summed E-state index contributed by atoms with van der Waals surface area (Å²) in [6.07, 6.45) is 1.54. The van der Waals surface area contributed by atoms with Crippen molar-refractivity contribution in [2.45, 2.75) is 27.3 Å². The predicted octanol–water partition coefficient (Wildman–Crippen LogP) is 5.46. The highest BCUT2D eigenvalue weighted by Crippen LogP contribution is 2.28. The molecule has 35 heavy (non-hydrogen) atoms. The van der Waals surface area contributed by atoms with Crippen molar-refractivity contribution >= 4 is 56.7 Å². The number of carbonyl (C=O) groups is 2. The molecule has 3 aromatic heterocycles. The van der Waals surface area contributed by atoms with Crippen LogP contribution in [0.2, 0.25) is 10.0 Å². The average Bonchev–Trinajstić information content (AvgIpc) is 3.32. The number of halogens is 3. The summed E-state index contributed by atoms with van der Waals surface area (Å²) in [4.78, 5) is 29.5. The van der Waals surface area contributed by atoms with Crippen molar-refractivity contribution in [3.05, 3.63) is 84.9 Å². The highest BCUT2D eigenvalue weighted by Gasteiger charge is 2.23. The average molecular weight is 578 g/mol. The molecule has 0 unspecified atom stereocenters. The number of anilines is 1. The van der Waals surface area contributed by atoms with Gasteiger partial charge in [-0.25, -0.2) is 14.5 Å². The second kappa shape index (κ2) is 9.80. The molecule has 0 radical (unpaired) electrons. The van der Waals surface area contributed by atoms with Gasteiger partial charge in [-0.2, -0.15) is 10.2 Å². The van der Waals surface area contributed by atoms with Crippen LogP contribution in [-0.2, 0) is 6.54 Å². The molecule has 4 aromatic rings. The van der Waals surface area contributed by atoms with E-state index in [0.29, 0.717) is 16.3 Å². The Morgan fingerprint density at radius 1 is 1.14 bits per heavy atom. The van der Waals surface area contributed by atoms with Crippen molar-refractivity contribution in [3.8, 4) is 5.82 Å². The van der Waals surface area contributed by atoms with Gasteiger partial charge in [-0.15, -0.1) is 0 Å². The van der Waals surface area contributed by atoms with E-state index < -0.39 is 11.9 Å². The number of hydrogen-bond acceptors (Lipinski definition) is 5. The number of aromatic carboxylic acids is 1. The van der Waals surface area contributed by atoms with Crippen LogP contribution in [-0.4, -0.2) is 41.5 Å². The van der Waals surface area contributed by atoms with Gasteiger partial charge in [0, 0.05) is 11.2 Å². The number of pyridine rings is 1. The smallest absolute Gasteiger partial charge is 0.337 e. The first-order valence-corrected chi connectivity index (χ1v) is 11.9. The van der Waals surface area contributed by atoms with Gasteiger partial charge < -0.3 is 10.4 Å². The topological polar surface area (TPSA) is 115 Å². The number of amides is 1. The molecule has 0 aliphatic carbocycles. The van der Waals surface area contributed by atoms with Gasteiger partial charge in [0.25, 0.3) is 5.91 Å². The van der Waals surface area contributed by atoms with E-state index in [4.69, 9.17) is 23.2 Å². The molecule has 0 aliphatic heterocycles. The molecule has 0 saturated carbocycles. The molecule has 2 N–H and O–H groups in total. The Labute approximate surface area is 218 Å². The number of hydrogen-bond donors (Lipinski definition) is 2. The van der Waals surface area contributed by atoms with Crippen LogP contribution in [0.15, 0.2) is 41.0 Å². The Kier molecular flexibility index (Phi) is 6.98. The largest absolute Gasteiger partial charge is 0.478 e. The number of carboxylic acid groups (broad SMARTS) is 1. The van der Waals surface area contributed by atoms with Gasteiger partial charge in [0.15, 0.2) is 5.82 Å². The Balaban J connectivity index is 1.79. The zero-order valence-electron chi connectivity index (χ0n) is 18.8. The lowest BCUT2D eigenvalue weighted by atomic mass is 10.1. The first kappa shape index (κ1) is 24.9. The molecule has 0 spiro atoms. The summed E-state index contributed by atoms with van der Waals surface area (Å²) in [6.45, 7) is 5.75. The third-order valence-electron chi connectivity index (χ3n) is 5.31. The minimum Gasteiger partial charge on any atom is -0.478 e. The van der Waals surface area contributed by atoms with Crippen LogP contribution in [0, 0.1) is 20.8 Å². The van der Waals surface area contributed by atoms with Gasteiger partial charge in [-0.05, 0) is 72.6 Å². The molecule has 1 aromatic carbocycles. The molecule has 0 saturated heterocycles. The zero-order valence-corrected chi connectivity index (χ0v) is 21.9. The molecule has 0 aliphatic rings. The molecule has 4 rings (SSSR count). The number of benzene rings is 1. The Hall–Kier alpha value is -3.21. The van der Waals surface area contributed by atoms with E-state index in [0.717, 1.165) is 15.9 Å². The number of rotatable bonds is 6. The summed E-state index contributed by atoms with van der Waals surface area (Å²) in [6, 6.07) is 7.75. The number of nitrogens with one attached hydrogen (secondary N) is 1. The Bertz CT molecular complexity index is 1480.